The van der Waals surface area contributed by atoms with Crippen molar-refractivity contribution in [3.05, 3.63) is 22.0 Å². The van der Waals surface area contributed by atoms with Gasteiger partial charge < -0.3 is 25.0 Å². The summed E-state index contributed by atoms with van der Waals surface area (Å²) >= 11 is 5.84. The van der Waals surface area contributed by atoms with Gasteiger partial charge in [-0.05, 0) is 0 Å². The molecule has 0 unspecified atom stereocenters. The summed E-state index contributed by atoms with van der Waals surface area (Å²) in [4.78, 5) is 22.1. The molecule has 0 saturated carbocycles. The molecule has 1 aliphatic rings. The van der Waals surface area contributed by atoms with Crippen LogP contribution in [0.25, 0.3) is 11.2 Å². The van der Waals surface area contributed by atoms with E-state index in [-0.39, 0.29) is 16.3 Å². The topological polar surface area (TPSA) is 133 Å². The Bertz CT molecular complexity index is 701. The van der Waals surface area contributed by atoms with Crippen molar-refractivity contribution in [3.63, 3.8) is 0 Å². The quantitative estimate of drug-likeness (QED) is 0.490. The summed E-state index contributed by atoms with van der Waals surface area (Å²) in [6.45, 7) is -0.485. The van der Waals surface area contributed by atoms with Gasteiger partial charge in [0.05, 0.1) is 6.61 Å². The van der Waals surface area contributed by atoms with Crippen LogP contribution in [0.2, 0.25) is 5.15 Å². The number of rotatable bonds is 2. The van der Waals surface area contributed by atoms with Crippen molar-refractivity contribution < 1.29 is 20.1 Å². The molecule has 0 radical (unpaired) electrons. The fraction of sp³-hybridized carbons (Fsp3) is 0.500. The maximum absolute atomic E-state index is 12.0. The molecule has 4 N–H and O–H groups in total. The van der Waals surface area contributed by atoms with Crippen molar-refractivity contribution in [3.8, 4) is 0 Å². The predicted octanol–water partition coefficient (Wildman–Crippen LogP) is -1.62. The molecule has 4 atom stereocenters. The maximum atomic E-state index is 12.0. The van der Waals surface area contributed by atoms with Gasteiger partial charge in [-0.15, -0.1) is 0 Å². The Morgan fingerprint density at radius 3 is 2.80 bits per heavy atom. The molecular weight excluding hydrogens is 292 g/mol. The van der Waals surface area contributed by atoms with Crippen LogP contribution >= 0.6 is 11.6 Å². The molecule has 20 heavy (non-hydrogen) atoms. The lowest BCUT2D eigenvalue weighted by atomic mass is 10.1. The van der Waals surface area contributed by atoms with Crippen LogP contribution in [0, 0.1) is 0 Å². The van der Waals surface area contributed by atoms with E-state index in [9.17, 15) is 15.0 Å². The summed E-state index contributed by atoms with van der Waals surface area (Å²) in [5, 5.41) is 28.8. The number of aromatic amines is 1. The van der Waals surface area contributed by atoms with Crippen molar-refractivity contribution in [2.24, 2.45) is 0 Å². The Kier molecular flexibility index (Phi) is 3.22. The minimum atomic E-state index is -1.38. The molecular formula is C10H11ClN4O5. The number of aliphatic hydroxyl groups excluding tert-OH is 3. The number of hydrogen-bond donors (Lipinski definition) is 4. The standard InChI is InChI=1S/C10H11ClN4O5/c11-7-4-8(13-2-12-7)15(10(19)14-4)9-6(18)5(17)3(1-16)20-9/h2-3,5-6,9,16-18H,1H2,(H,14,19)/t3-,5-,6-,9-/m1/s1. The molecule has 0 bridgehead atoms. The molecule has 0 amide bonds. The number of aliphatic hydroxyl groups is 3. The van der Waals surface area contributed by atoms with Crippen LogP contribution in [0.15, 0.2) is 11.1 Å². The highest BCUT2D eigenvalue weighted by Gasteiger charge is 2.44. The molecule has 3 heterocycles. The van der Waals surface area contributed by atoms with Crippen LogP contribution in [0.3, 0.4) is 0 Å². The van der Waals surface area contributed by atoms with E-state index in [2.05, 4.69) is 15.0 Å². The van der Waals surface area contributed by atoms with E-state index < -0.39 is 36.8 Å². The molecule has 2 aromatic heterocycles. The zero-order valence-corrected chi connectivity index (χ0v) is 10.7. The molecule has 1 aliphatic heterocycles. The van der Waals surface area contributed by atoms with Crippen LogP contribution in [-0.4, -0.2) is 59.8 Å². The van der Waals surface area contributed by atoms with Crippen LogP contribution in [0.4, 0.5) is 0 Å². The number of hydrogen-bond acceptors (Lipinski definition) is 7. The first-order valence-corrected chi connectivity index (χ1v) is 6.15. The molecule has 9 nitrogen and oxygen atoms in total. The van der Waals surface area contributed by atoms with Crippen LogP contribution in [0.1, 0.15) is 6.23 Å². The third-order valence-corrected chi connectivity index (χ3v) is 3.52. The molecule has 1 saturated heterocycles. The van der Waals surface area contributed by atoms with Gasteiger partial charge in [0.25, 0.3) is 0 Å². The fourth-order valence-corrected chi connectivity index (χ4v) is 2.41. The lowest BCUT2D eigenvalue weighted by Gasteiger charge is -2.15. The molecule has 0 aliphatic carbocycles. The second kappa shape index (κ2) is 4.79. The largest absolute Gasteiger partial charge is 0.394 e. The summed E-state index contributed by atoms with van der Waals surface area (Å²) in [7, 11) is 0. The summed E-state index contributed by atoms with van der Waals surface area (Å²) in [5.74, 6) is 0. The third kappa shape index (κ3) is 1.83. The van der Waals surface area contributed by atoms with Gasteiger partial charge in [0.2, 0.25) is 0 Å². The Labute approximate surface area is 116 Å². The third-order valence-electron chi connectivity index (χ3n) is 3.23. The lowest BCUT2D eigenvalue weighted by Crippen LogP contribution is -2.34. The van der Waals surface area contributed by atoms with E-state index in [1.807, 2.05) is 0 Å². The summed E-state index contributed by atoms with van der Waals surface area (Å²) < 4.78 is 6.33. The van der Waals surface area contributed by atoms with Crippen molar-refractivity contribution in [2.45, 2.75) is 24.5 Å². The number of halogens is 1. The second-order valence-electron chi connectivity index (χ2n) is 4.39. The van der Waals surface area contributed by atoms with Gasteiger partial charge in [0.1, 0.15) is 30.2 Å². The Balaban J connectivity index is 2.14. The average Bonchev–Trinajstić information content (AvgIpc) is 2.90. The Morgan fingerprint density at radius 1 is 1.40 bits per heavy atom. The van der Waals surface area contributed by atoms with Gasteiger partial charge in [-0.1, -0.05) is 11.6 Å². The molecule has 1 fully saturated rings. The summed E-state index contributed by atoms with van der Waals surface area (Å²) in [6.07, 6.45) is -3.68. The van der Waals surface area contributed by atoms with Crippen molar-refractivity contribution in [1.29, 1.82) is 0 Å². The molecule has 3 rings (SSSR count). The SMILES string of the molecule is O=c1[nH]c2c(Cl)ncnc2n1[C@@H]1O[C@H](CO)[C@@H](O)[C@H]1O. The van der Waals surface area contributed by atoms with Gasteiger partial charge in [0, 0.05) is 0 Å². The molecule has 108 valence electrons. The molecule has 0 aromatic carbocycles. The molecule has 0 spiro atoms. The van der Waals surface area contributed by atoms with E-state index in [0.29, 0.717) is 0 Å². The minimum Gasteiger partial charge on any atom is -0.394 e. The van der Waals surface area contributed by atoms with E-state index in [0.717, 1.165) is 10.9 Å². The lowest BCUT2D eigenvalue weighted by molar-refractivity contribution is -0.0524. The minimum absolute atomic E-state index is 0.0533. The smallest absolute Gasteiger partial charge is 0.330 e. The van der Waals surface area contributed by atoms with E-state index in [4.69, 9.17) is 21.4 Å². The molecule has 10 heteroatoms. The number of ether oxygens (including phenoxy) is 1. The first-order valence-electron chi connectivity index (χ1n) is 5.77. The number of H-pyrrole nitrogens is 1. The Morgan fingerprint density at radius 2 is 2.15 bits per heavy atom. The zero-order chi connectivity index (χ0) is 14.4. The van der Waals surface area contributed by atoms with Gasteiger partial charge >= 0.3 is 5.69 Å². The highest BCUT2D eigenvalue weighted by molar-refractivity contribution is 6.33. The van der Waals surface area contributed by atoms with Crippen LogP contribution in [0.5, 0.6) is 0 Å². The van der Waals surface area contributed by atoms with Crippen LogP contribution < -0.4 is 5.69 Å². The summed E-state index contributed by atoms with van der Waals surface area (Å²) in [6, 6.07) is 0. The van der Waals surface area contributed by atoms with E-state index in [1.165, 1.54) is 0 Å². The normalized spacial score (nSPS) is 30.2. The number of nitrogens with one attached hydrogen (secondary N) is 1. The highest BCUT2D eigenvalue weighted by Crippen LogP contribution is 2.30. The first kappa shape index (κ1) is 13.5. The molecule has 2 aromatic rings. The highest BCUT2D eigenvalue weighted by atomic mass is 35.5. The first-order chi connectivity index (χ1) is 9.54. The summed E-state index contributed by atoms with van der Waals surface area (Å²) in [5.41, 5.74) is -0.265. The van der Waals surface area contributed by atoms with Gasteiger partial charge in [0.15, 0.2) is 17.0 Å². The average molecular weight is 303 g/mol. The van der Waals surface area contributed by atoms with E-state index >= 15 is 0 Å². The van der Waals surface area contributed by atoms with Gasteiger partial charge in [-0.2, -0.15) is 0 Å². The van der Waals surface area contributed by atoms with E-state index in [1.54, 1.807) is 0 Å². The predicted molar refractivity (Wildman–Crippen MR) is 66.2 cm³/mol. The van der Waals surface area contributed by atoms with Crippen LogP contribution in [-0.2, 0) is 4.74 Å². The van der Waals surface area contributed by atoms with Crippen molar-refractivity contribution >= 4 is 22.8 Å². The Hall–Kier alpha value is -1.52. The number of aromatic nitrogens is 4. The monoisotopic (exact) mass is 302 g/mol. The fourth-order valence-electron chi connectivity index (χ4n) is 2.24. The number of nitrogens with zero attached hydrogens (tertiary/aromatic N) is 3. The van der Waals surface area contributed by atoms with Crippen molar-refractivity contribution in [2.75, 3.05) is 6.61 Å². The van der Waals surface area contributed by atoms with Gasteiger partial charge in [-0.3, -0.25) is 0 Å². The zero-order valence-electron chi connectivity index (χ0n) is 9.97. The second-order valence-corrected chi connectivity index (χ2v) is 4.75. The maximum Gasteiger partial charge on any atom is 0.330 e. The number of fused-ring (bicyclic) bond motifs is 1. The number of imidazole rings is 1. The van der Waals surface area contributed by atoms with Gasteiger partial charge in [-0.25, -0.2) is 19.3 Å². The van der Waals surface area contributed by atoms with Crippen molar-refractivity contribution in [1.82, 2.24) is 19.5 Å².